The molecule has 0 amide bonds. The molecule has 0 aliphatic heterocycles. The average molecular weight is 211 g/mol. The third kappa shape index (κ3) is 2.28. The number of benzene rings is 2. The summed E-state index contributed by atoms with van der Waals surface area (Å²) in [6.45, 7) is 1.93. The number of hydrogen-bond donors (Lipinski definition) is 0. The van der Waals surface area contributed by atoms with Gasteiger partial charge >= 0.3 is 0 Å². The summed E-state index contributed by atoms with van der Waals surface area (Å²) in [6.07, 6.45) is 1.59. The molecule has 2 rings (SSSR count). The molecule has 0 bridgehead atoms. The number of hydrogen-bond acceptors (Lipinski definition) is 1. The van der Waals surface area contributed by atoms with Gasteiger partial charge in [0.2, 0.25) is 5.69 Å². The smallest absolute Gasteiger partial charge is 0.219 e. The Balaban J connectivity index is 2.36. The molecule has 0 radical (unpaired) electrons. The lowest BCUT2D eigenvalue weighted by Crippen LogP contribution is -2.00. The highest BCUT2D eigenvalue weighted by atomic mass is 16.5. The standard InChI is InChI=1S/C14H13NO/c1-12-7-5-6-10-14(12)15(16)11-13-8-3-2-4-9-13/h2-11H,1H3/b15-11+. The van der Waals surface area contributed by atoms with E-state index in [1.54, 1.807) is 6.21 Å². The van der Waals surface area contributed by atoms with Crippen LogP contribution in [0.25, 0.3) is 0 Å². The first-order chi connectivity index (χ1) is 7.77. The average Bonchev–Trinajstić information content (AvgIpc) is 2.31. The van der Waals surface area contributed by atoms with E-state index in [4.69, 9.17) is 0 Å². The van der Waals surface area contributed by atoms with Crippen LogP contribution in [0, 0.1) is 12.1 Å². The van der Waals surface area contributed by atoms with Gasteiger partial charge in [0.15, 0.2) is 6.21 Å². The highest BCUT2D eigenvalue weighted by Gasteiger charge is 2.04. The molecule has 2 heteroatoms. The topological polar surface area (TPSA) is 26.1 Å². The number of aryl methyl sites for hydroxylation is 1. The summed E-state index contributed by atoms with van der Waals surface area (Å²) in [5.41, 5.74) is 2.57. The van der Waals surface area contributed by atoms with Crippen molar-refractivity contribution in [3.05, 3.63) is 70.9 Å². The maximum Gasteiger partial charge on any atom is 0.219 e. The second-order valence-electron chi connectivity index (χ2n) is 3.65. The fourth-order valence-electron chi connectivity index (χ4n) is 1.55. The molecular formula is C14H13NO. The van der Waals surface area contributed by atoms with Crippen molar-refractivity contribution in [3.8, 4) is 0 Å². The highest BCUT2D eigenvalue weighted by molar-refractivity contribution is 5.76. The summed E-state index contributed by atoms with van der Waals surface area (Å²) in [5, 5.41) is 11.9. The van der Waals surface area contributed by atoms with Crippen LogP contribution in [-0.2, 0) is 0 Å². The molecule has 2 aromatic rings. The van der Waals surface area contributed by atoms with Gasteiger partial charge in [-0.15, -0.1) is 0 Å². The van der Waals surface area contributed by atoms with Gasteiger partial charge in [-0.3, -0.25) is 0 Å². The predicted molar refractivity (Wildman–Crippen MR) is 66.1 cm³/mol. The molecule has 0 aromatic heterocycles. The molecule has 0 unspecified atom stereocenters. The molecule has 80 valence electrons. The Labute approximate surface area is 95.1 Å². The fourth-order valence-corrected chi connectivity index (χ4v) is 1.55. The van der Waals surface area contributed by atoms with Crippen LogP contribution in [0.15, 0.2) is 54.6 Å². The largest absolute Gasteiger partial charge is 0.618 e. The Morgan fingerprint density at radius 2 is 1.56 bits per heavy atom. The van der Waals surface area contributed by atoms with E-state index in [2.05, 4.69) is 0 Å². The van der Waals surface area contributed by atoms with E-state index in [0.29, 0.717) is 5.69 Å². The van der Waals surface area contributed by atoms with Crippen molar-refractivity contribution in [2.24, 2.45) is 0 Å². The number of nitrogens with zero attached hydrogens (tertiary/aromatic N) is 1. The van der Waals surface area contributed by atoms with Gasteiger partial charge < -0.3 is 5.21 Å². The first kappa shape index (κ1) is 10.4. The minimum Gasteiger partial charge on any atom is -0.618 e. The van der Waals surface area contributed by atoms with Crippen molar-refractivity contribution >= 4 is 11.9 Å². The summed E-state index contributed by atoms with van der Waals surface area (Å²) in [5.74, 6) is 0. The van der Waals surface area contributed by atoms with E-state index in [-0.39, 0.29) is 0 Å². The minimum atomic E-state index is 0.686. The summed E-state index contributed by atoms with van der Waals surface area (Å²) < 4.78 is 0.907. The van der Waals surface area contributed by atoms with Crippen LogP contribution < -0.4 is 0 Å². The van der Waals surface area contributed by atoms with Crippen LogP contribution in [0.2, 0.25) is 0 Å². The second kappa shape index (κ2) is 4.62. The number of para-hydroxylation sites is 1. The molecule has 2 aromatic carbocycles. The monoisotopic (exact) mass is 211 g/mol. The normalized spacial score (nSPS) is 11.4. The van der Waals surface area contributed by atoms with Gasteiger partial charge in [0.25, 0.3) is 0 Å². The predicted octanol–water partition coefficient (Wildman–Crippen LogP) is 3.26. The Hall–Kier alpha value is -2.09. The quantitative estimate of drug-likeness (QED) is 0.324. The van der Waals surface area contributed by atoms with Crippen molar-refractivity contribution in [3.63, 3.8) is 0 Å². The Kier molecular flexibility index (Phi) is 3.01. The third-order valence-electron chi connectivity index (χ3n) is 2.42. The van der Waals surface area contributed by atoms with Gasteiger partial charge in [-0.05, 0) is 19.1 Å². The molecule has 0 aliphatic rings. The SMILES string of the molecule is Cc1ccccc1/[N+]([O-])=C\c1ccccc1. The molecule has 0 heterocycles. The van der Waals surface area contributed by atoms with Crippen LogP contribution in [0.4, 0.5) is 5.69 Å². The summed E-state index contributed by atoms with van der Waals surface area (Å²) >= 11 is 0. The molecule has 0 saturated carbocycles. The van der Waals surface area contributed by atoms with Crippen molar-refractivity contribution in [2.75, 3.05) is 0 Å². The van der Waals surface area contributed by atoms with E-state index in [1.165, 1.54) is 0 Å². The van der Waals surface area contributed by atoms with E-state index < -0.39 is 0 Å². The van der Waals surface area contributed by atoms with Crippen molar-refractivity contribution in [2.45, 2.75) is 6.92 Å². The lowest BCUT2D eigenvalue weighted by atomic mass is 10.2. The van der Waals surface area contributed by atoms with Gasteiger partial charge in [-0.2, -0.15) is 4.74 Å². The van der Waals surface area contributed by atoms with Crippen LogP contribution >= 0.6 is 0 Å². The van der Waals surface area contributed by atoms with Crippen molar-refractivity contribution < 1.29 is 4.74 Å². The Morgan fingerprint density at radius 1 is 0.938 bits per heavy atom. The highest BCUT2D eigenvalue weighted by Crippen LogP contribution is 2.16. The molecule has 0 atom stereocenters. The maximum absolute atomic E-state index is 11.9. The van der Waals surface area contributed by atoms with Crippen molar-refractivity contribution in [1.82, 2.24) is 0 Å². The molecule has 0 aliphatic carbocycles. The molecule has 0 N–H and O–H groups in total. The van der Waals surface area contributed by atoms with Crippen LogP contribution in [0.1, 0.15) is 11.1 Å². The van der Waals surface area contributed by atoms with E-state index in [0.717, 1.165) is 15.9 Å². The summed E-state index contributed by atoms with van der Waals surface area (Å²) in [4.78, 5) is 0. The fraction of sp³-hybridized carbons (Fsp3) is 0.0714. The van der Waals surface area contributed by atoms with Crippen LogP contribution in [0.3, 0.4) is 0 Å². The first-order valence-electron chi connectivity index (χ1n) is 5.19. The maximum atomic E-state index is 11.9. The zero-order valence-electron chi connectivity index (χ0n) is 9.13. The Morgan fingerprint density at radius 3 is 2.25 bits per heavy atom. The van der Waals surface area contributed by atoms with E-state index in [1.807, 2.05) is 61.5 Å². The first-order valence-corrected chi connectivity index (χ1v) is 5.19. The second-order valence-corrected chi connectivity index (χ2v) is 3.65. The molecule has 2 nitrogen and oxygen atoms in total. The number of rotatable bonds is 2. The van der Waals surface area contributed by atoms with Gasteiger partial charge in [0.05, 0.1) is 0 Å². The third-order valence-corrected chi connectivity index (χ3v) is 2.42. The van der Waals surface area contributed by atoms with Gasteiger partial charge in [0, 0.05) is 17.2 Å². The van der Waals surface area contributed by atoms with Gasteiger partial charge in [0.1, 0.15) is 0 Å². The van der Waals surface area contributed by atoms with E-state index >= 15 is 0 Å². The summed E-state index contributed by atoms with van der Waals surface area (Å²) in [6, 6.07) is 17.1. The molecule has 0 saturated heterocycles. The molecule has 16 heavy (non-hydrogen) atoms. The lowest BCUT2D eigenvalue weighted by Gasteiger charge is -2.05. The van der Waals surface area contributed by atoms with Gasteiger partial charge in [-0.25, -0.2) is 0 Å². The lowest BCUT2D eigenvalue weighted by molar-refractivity contribution is -0.355. The van der Waals surface area contributed by atoms with Crippen LogP contribution in [0.5, 0.6) is 0 Å². The minimum absolute atomic E-state index is 0.686. The molecule has 0 spiro atoms. The molecule has 0 fully saturated rings. The zero-order chi connectivity index (χ0) is 11.4. The van der Waals surface area contributed by atoms with Crippen molar-refractivity contribution in [1.29, 1.82) is 0 Å². The van der Waals surface area contributed by atoms with Crippen LogP contribution in [-0.4, -0.2) is 11.0 Å². The Bertz CT molecular complexity index is 503. The summed E-state index contributed by atoms with van der Waals surface area (Å²) in [7, 11) is 0. The van der Waals surface area contributed by atoms with Gasteiger partial charge in [-0.1, -0.05) is 36.4 Å². The molecular weight excluding hydrogens is 198 g/mol. The zero-order valence-corrected chi connectivity index (χ0v) is 9.13. The van der Waals surface area contributed by atoms with E-state index in [9.17, 15) is 5.21 Å².